The van der Waals surface area contributed by atoms with Gasteiger partial charge < -0.3 is 9.09 Å². The second-order valence-electron chi connectivity index (χ2n) is 6.84. The fourth-order valence-corrected chi connectivity index (χ4v) is 3.47. The number of hydrogen-bond acceptors (Lipinski definition) is 5. The number of nitrogens with zero attached hydrogens (tertiary/aromatic N) is 3. The molecule has 0 saturated carbocycles. The van der Waals surface area contributed by atoms with E-state index in [0.29, 0.717) is 17.0 Å². The third-order valence-corrected chi connectivity index (χ3v) is 4.94. The van der Waals surface area contributed by atoms with Gasteiger partial charge in [0.25, 0.3) is 11.8 Å². The van der Waals surface area contributed by atoms with Crippen molar-refractivity contribution in [2.75, 3.05) is 0 Å². The molecule has 0 radical (unpaired) electrons. The van der Waals surface area contributed by atoms with Crippen LogP contribution in [0.2, 0.25) is 0 Å². The van der Waals surface area contributed by atoms with Crippen LogP contribution in [-0.2, 0) is 6.54 Å². The maximum absolute atomic E-state index is 12.7. The van der Waals surface area contributed by atoms with E-state index in [1.807, 2.05) is 50.2 Å². The molecule has 0 aliphatic heterocycles. The molecular weight excluding hydrogens is 382 g/mol. The van der Waals surface area contributed by atoms with Gasteiger partial charge in [-0.25, -0.2) is 4.98 Å². The molecule has 8 heteroatoms. The third-order valence-electron chi connectivity index (χ3n) is 4.94. The molecule has 2 aromatic carbocycles. The summed E-state index contributed by atoms with van der Waals surface area (Å²) in [6, 6.07) is 14.5. The molecule has 152 valence electrons. The van der Waals surface area contributed by atoms with E-state index in [0.717, 1.165) is 29.0 Å². The normalized spacial score (nSPS) is 10.9. The van der Waals surface area contributed by atoms with Gasteiger partial charge in [-0.15, -0.1) is 0 Å². The summed E-state index contributed by atoms with van der Waals surface area (Å²) in [5, 5.41) is 3.99. The minimum atomic E-state index is -0.506. The maximum Gasteiger partial charge on any atom is 0.275 e. The van der Waals surface area contributed by atoms with Gasteiger partial charge in [0.1, 0.15) is 22.8 Å². The SMILES string of the molecule is CCn1c(C)nc2cc(C(=O)NNC(=O)c3c(-c4ccccc4)noc3C)ccc21. The van der Waals surface area contributed by atoms with Crippen molar-refractivity contribution in [1.29, 1.82) is 0 Å². The number of fused-ring (bicyclic) bond motifs is 1. The molecule has 0 atom stereocenters. The molecule has 0 bridgehead atoms. The van der Waals surface area contributed by atoms with E-state index in [-0.39, 0.29) is 5.56 Å². The van der Waals surface area contributed by atoms with E-state index in [4.69, 9.17) is 4.52 Å². The first kappa shape index (κ1) is 19.4. The van der Waals surface area contributed by atoms with Gasteiger partial charge in [0, 0.05) is 17.7 Å². The predicted octanol–water partition coefficient (Wildman–Crippen LogP) is 3.40. The topological polar surface area (TPSA) is 102 Å². The highest BCUT2D eigenvalue weighted by Gasteiger charge is 2.22. The molecule has 0 saturated heterocycles. The van der Waals surface area contributed by atoms with Crippen molar-refractivity contribution in [3.63, 3.8) is 0 Å². The minimum absolute atomic E-state index is 0.272. The summed E-state index contributed by atoms with van der Waals surface area (Å²) in [5.74, 6) is 0.301. The van der Waals surface area contributed by atoms with Crippen LogP contribution in [0.3, 0.4) is 0 Å². The molecule has 0 spiro atoms. The number of carbonyl (C=O) groups is 2. The smallest absolute Gasteiger partial charge is 0.275 e. The average Bonchev–Trinajstić information content (AvgIpc) is 3.30. The molecule has 2 heterocycles. The van der Waals surface area contributed by atoms with Gasteiger partial charge in [-0.3, -0.25) is 20.4 Å². The number of imidazole rings is 1. The first-order valence-electron chi connectivity index (χ1n) is 9.59. The molecule has 0 aliphatic carbocycles. The van der Waals surface area contributed by atoms with E-state index in [9.17, 15) is 9.59 Å². The van der Waals surface area contributed by atoms with Crippen molar-refractivity contribution in [2.24, 2.45) is 0 Å². The number of benzene rings is 2. The summed E-state index contributed by atoms with van der Waals surface area (Å²) in [7, 11) is 0. The Labute approximate surface area is 172 Å². The molecular formula is C22H21N5O3. The van der Waals surface area contributed by atoms with E-state index >= 15 is 0 Å². The third kappa shape index (κ3) is 3.43. The number of nitrogens with one attached hydrogen (secondary N) is 2. The fraction of sp³-hybridized carbons (Fsp3) is 0.182. The monoisotopic (exact) mass is 403 g/mol. The van der Waals surface area contributed by atoms with E-state index < -0.39 is 11.8 Å². The Morgan fingerprint density at radius 3 is 2.50 bits per heavy atom. The van der Waals surface area contributed by atoms with Crippen LogP contribution >= 0.6 is 0 Å². The van der Waals surface area contributed by atoms with Crippen molar-refractivity contribution in [3.05, 3.63) is 71.2 Å². The second kappa shape index (κ2) is 7.82. The lowest BCUT2D eigenvalue weighted by atomic mass is 10.1. The van der Waals surface area contributed by atoms with Crippen LogP contribution in [0.4, 0.5) is 0 Å². The van der Waals surface area contributed by atoms with Crippen LogP contribution in [0.5, 0.6) is 0 Å². The van der Waals surface area contributed by atoms with Gasteiger partial charge in [-0.1, -0.05) is 35.5 Å². The molecule has 2 amide bonds. The summed E-state index contributed by atoms with van der Waals surface area (Å²) >= 11 is 0. The number of rotatable bonds is 4. The number of aromatic nitrogens is 3. The Morgan fingerprint density at radius 2 is 1.77 bits per heavy atom. The molecule has 30 heavy (non-hydrogen) atoms. The van der Waals surface area contributed by atoms with Gasteiger partial charge in [0.05, 0.1) is 11.0 Å². The van der Waals surface area contributed by atoms with Crippen LogP contribution in [0, 0.1) is 13.8 Å². The summed E-state index contributed by atoms with van der Waals surface area (Å²) in [6.45, 7) is 6.41. The van der Waals surface area contributed by atoms with Gasteiger partial charge in [-0.2, -0.15) is 0 Å². The quantitative estimate of drug-likeness (QED) is 0.509. The summed E-state index contributed by atoms with van der Waals surface area (Å²) in [6.07, 6.45) is 0. The first-order chi connectivity index (χ1) is 14.5. The Bertz CT molecular complexity index is 1240. The molecule has 4 rings (SSSR count). The van der Waals surface area contributed by atoms with Gasteiger partial charge in [0.2, 0.25) is 0 Å². The minimum Gasteiger partial charge on any atom is -0.360 e. The van der Waals surface area contributed by atoms with Crippen LogP contribution in [0.15, 0.2) is 53.1 Å². The van der Waals surface area contributed by atoms with Gasteiger partial charge >= 0.3 is 0 Å². The summed E-state index contributed by atoms with van der Waals surface area (Å²) in [5.41, 5.74) is 8.43. The lowest BCUT2D eigenvalue weighted by Crippen LogP contribution is -2.41. The molecule has 0 unspecified atom stereocenters. The van der Waals surface area contributed by atoms with Crippen LogP contribution in [-0.4, -0.2) is 26.5 Å². The van der Waals surface area contributed by atoms with Crippen LogP contribution in [0.1, 0.15) is 39.2 Å². The largest absolute Gasteiger partial charge is 0.360 e. The van der Waals surface area contributed by atoms with Crippen molar-refractivity contribution >= 4 is 22.8 Å². The number of amides is 2. The molecule has 8 nitrogen and oxygen atoms in total. The Balaban J connectivity index is 1.52. The lowest BCUT2D eigenvalue weighted by Gasteiger charge is -2.08. The highest BCUT2D eigenvalue weighted by atomic mass is 16.5. The number of carbonyl (C=O) groups excluding carboxylic acids is 2. The molecule has 0 aliphatic rings. The first-order valence-corrected chi connectivity index (χ1v) is 9.59. The fourth-order valence-electron chi connectivity index (χ4n) is 3.47. The zero-order valence-electron chi connectivity index (χ0n) is 16.9. The molecule has 0 fully saturated rings. The van der Waals surface area contributed by atoms with Crippen molar-refractivity contribution in [2.45, 2.75) is 27.3 Å². The summed E-state index contributed by atoms with van der Waals surface area (Å²) in [4.78, 5) is 29.8. The van der Waals surface area contributed by atoms with Crippen molar-refractivity contribution < 1.29 is 14.1 Å². The maximum atomic E-state index is 12.7. The van der Waals surface area contributed by atoms with E-state index in [1.165, 1.54) is 0 Å². The zero-order chi connectivity index (χ0) is 21.3. The number of aryl methyl sites for hydroxylation is 3. The summed E-state index contributed by atoms with van der Waals surface area (Å²) < 4.78 is 7.27. The second-order valence-corrected chi connectivity index (χ2v) is 6.84. The number of hydrogen-bond donors (Lipinski definition) is 2. The van der Waals surface area contributed by atoms with Crippen LogP contribution in [0.25, 0.3) is 22.3 Å². The predicted molar refractivity (Wildman–Crippen MR) is 112 cm³/mol. The van der Waals surface area contributed by atoms with Crippen LogP contribution < -0.4 is 10.9 Å². The van der Waals surface area contributed by atoms with Gasteiger partial charge in [0.15, 0.2) is 0 Å². The van der Waals surface area contributed by atoms with Crippen molar-refractivity contribution in [3.8, 4) is 11.3 Å². The average molecular weight is 403 g/mol. The highest BCUT2D eigenvalue weighted by Crippen LogP contribution is 2.24. The van der Waals surface area contributed by atoms with Crippen molar-refractivity contribution in [1.82, 2.24) is 25.6 Å². The van der Waals surface area contributed by atoms with E-state index in [1.54, 1.807) is 19.1 Å². The Kier molecular flexibility index (Phi) is 5.05. The van der Waals surface area contributed by atoms with Gasteiger partial charge in [-0.05, 0) is 39.0 Å². The standard InChI is InChI=1S/C22H21N5O3/c1-4-27-14(3)23-17-12-16(10-11-18(17)27)21(28)24-25-22(29)19-13(2)30-26-20(19)15-8-6-5-7-9-15/h5-12H,4H2,1-3H3,(H,24,28)(H,25,29). The molecule has 4 aromatic rings. The molecule has 2 aromatic heterocycles. The lowest BCUT2D eigenvalue weighted by molar-refractivity contribution is 0.0846. The van der Waals surface area contributed by atoms with E-state index in [2.05, 4.69) is 25.6 Å². The Morgan fingerprint density at radius 1 is 1.03 bits per heavy atom. The number of hydrazine groups is 1. The highest BCUT2D eigenvalue weighted by molar-refractivity contribution is 6.03. The zero-order valence-corrected chi connectivity index (χ0v) is 16.9. The molecule has 2 N–H and O–H groups in total. The Hall–Kier alpha value is -3.94.